The maximum absolute atomic E-state index is 10.3. The SMILES string of the molecule is C/C(=C\C=C\Sc1ccccc1)[N+](=O)[O-]. The van der Waals surface area contributed by atoms with Crippen LogP contribution in [0.1, 0.15) is 6.92 Å². The molecule has 0 radical (unpaired) electrons. The van der Waals surface area contributed by atoms with Gasteiger partial charge in [-0.3, -0.25) is 10.1 Å². The molecule has 0 bridgehead atoms. The summed E-state index contributed by atoms with van der Waals surface area (Å²) in [5, 5.41) is 12.1. The van der Waals surface area contributed by atoms with Gasteiger partial charge in [0.05, 0.1) is 4.92 Å². The average molecular weight is 221 g/mol. The maximum Gasteiger partial charge on any atom is 0.243 e. The molecule has 0 heterocycles. The van der Waals surface area contributed by atoms with Crippen LogP contribution in [-0.2, 0) is 0 Å². The third-order valence-electron chi connectivity index (χ3n) is 1.65. The third-order valence-corrected chi connectivity index (χ3v) is 2.49. The van der Waals surface area contributed by atoms with Crippen LogP contribution in [0.3, 0.4) is 0 Å². The van der Waals surface area contributed by atoms with Gasteiger partial charge in [-0.25, -0.2) is 0 Å². The van der Waals surface area contributed by atoms with Crippen molar-refractivity contribution in [3.63, 3.8) is 0 Å². The summed E-state index contributed by atoms with van der Waals surface area (Å²) in [6.45, 7) is 1.47. The summed E-state index contributed by atoms with van der Waals surface area (Å²) in [6, 6.07) is 9.82. The van der Waals surface area contributed by atoms with Gasteiger partial charge in [0.15, 0.2) is 0 Å². The quantitative estimate of drug-likeness (QED) is 0.338. The Morgan fingerprint density at radius 1 is 1.40 bits per heavy atom. The lowest BCUT2D eigenvalue weighted by Gasteiger charge is -1.92. The summed E-state index contributed by atoms with van der Waals surface area (Å²) in [5.41, 5.74) is 0.139. The molecule has 78 valence electrons. The van der Waals surface area contributed by atoms with Gasteiger partial charge in [0.1, 0.15) is 0 Å². The highest BCUT2D eigenvalue weighted by molar-refractivity contribution is 8.02. The number of allylic oxidation sites excluding steroid dienone is 3. The molecule has 0 N–H and O–H groups in total. The van der Waals surface area contributed by atoms with Crippen LogP contribution in [0.4, 0.5) is 0 Å². The van der Waals surface area contributed by atoms with Gasteiger partial charge in [0.2, 0.25) is 5.70 Å². The molecule has 0 aromatic heterocycles. The molecular formula is C11H11NO2S. The first-order chi connectivity index (χ1) is 7.20. The molecule has 1 aromatic carbocycles. The van der Waals surface area contributed by atoms with E-state index in [1.165, 1.54) is 24.8 Å². The molecule has 0 saturated carbocycles. The highest BCUT2D eigenvalue weighted by Gasteiger charge is 1.97. The first-order valence-corrected chi connectivity index (χ1v) is 5.27. The molecule has 3 nitrogen and oxygen atoms in total. The second kappa shape index (κ2) is 6.03. The monoisotopic (exact) mass is 221 g/mol. The summed E-state index contributed by atoms with van der Waals surface area (Å²) >= 11 is 1.53. The number of benzene rings is 1. The highest BCUT2D eigenvalue weighted by atomic mass is 32.2. The van der Waals surface area contributed by atoms with E-state index in [2.05, 4.69) is 0 Å². The zero-order valence-electron chi connectivity index (χ0n) is 8.29. The molecule has 0 saturated heterocycles. The summed E-state index contributed by atoms with van der Waals surface area (Å²) in [4.78, 5) is 11.0. The molecule has 1 aromatic rings. The maximum atomic E-state index is 10.3. The lowest BCUT2D eigenvalue weighted by Crippen LogP contribution is -1.91. The number of nitro groups is 1. The van der Waals surface area contributed by atoms with E-state index in [1.807, 2.05) is 35.7 Å². The van der Waals surface area contributed by atoms with E-state index in [0.717, 1.165) is 4.90 Å². The zero-order chi connectivity index (χ0) is 11.1. The molecule has 0 aliphatic carbocycles. The molecule has 15 heavy (non-hydrogen) atoms. The third kappa shape index (κ3) is 4.46. The standard InChI is InChI=1S/C11H11NO2S/c1-10(12(13)14)6-5-9-15-11-7-3-2-4-8-11/h2-9H,1H3/b9-5+,10-6+. The smallest absolute Gasteiger partial charge is 0.243 e. The van der Waals surface area contributed by atoms with Gasteiger partial charge in [0.25, 0.3) is 0 Å². The van der Waals surface area contributed by atoms with Gasteiger partial charge in [0, 0.05) is 17.9 Å². The van der Waals surface area contributed by atoms with E-state index in [4.69, 9.17) is 0 Å². The molecule has 0 amide bonds. The minimum absolute atomic E-state index is 0.139. The molecular weight excluding hydrogens is 210 g/mol. The fraction of sp³-hybridized carbons (Fsp3) is 0.0909. The van der Waals surface area contributed by atoms with Crippen LogP contribution in [-0.4, -0.2) is 4.92 Å². The number of hydrogen-bond donors (Lipinski definition) is 0. The molecule has 0 spiro atoms. The Kier molecular flexibility index (Phi) is 4.63. The molecule has 0 atom stereocenters. The number of nitrogens with zero attached hydrogens (tertiary/aromatic N) is 1. The van der Waals surface area contributed by atoms with Crippen molar-refractivity contribution in [3.05, 3.63) is 63.7 Å². The Morgan fingerprint density at radius 3 is 2.67 bits per heavy atom. The van der Waals surface area contributed by atoms with Crippen molar-refractivity contribution in [1.82, 2.24) is 0 Å². The average Bonchev–Trinajstić information content (AvgIpc) is 2.25. The number of thioether (sulfide) groups is 1. The molecule has 0 unspecified atom stereocenters. The van der Waals surface area contributed by atoms with Crippen molar-refractivity contribution in [2.24, 2.45) is 0 Å². The highest BCUT2D eigenvalue weighted by Crippen LogP contribution is 2.17. The Hall–Kier alpha value is -1.55. The fourth-order valence-corrected chi connectivity index (χ4v) is 1.48. The molecule has 1 rings (SSSR count). The Morgan fingerprint density at radius 2 is 2.07 bits per heavy atom. The minimum atomic E-state index is -0.405. The van der Waals surface area contributed by atoms with Gasteiger partial charge in [-0.15, -0.1) is 0 Å². The summed E-state index contributed by atoms with van der Waals surface area (Å²) in [5.74, 6) is 0. The minimum Gasteiger partial charge on any atom is -0.259 e. The van der Waals surface area contributed by atoms with E-state index in [9.17, 15) is 10.1 Å². The van der Waals surface area contributed by atoms with Crippen LogP contribution in [0.15, 0.2) is 58.5 Å². The molecule has 0 aliphatic heterocycles. The Balaban J connectivity index is 2.48. The van der Waals surface area contributed by atoms with Crippen molar-refractivity contribution in [1.29, 1.82) is 0 Å². The van der Waals surface area contributed by atoms with E-state index < -0.39 is 4.92 Å². The summed E-state index contributed by atoms with van der Waals surface area (Å²) in [6.07, 6.45) is 3.16. The van der Waals surface area contributed by atoms with Crippen molar-refractivity contribution >= 4 is 11.8 Å². The summed E-state index contributed by atoms with van der Waals surface area (Å²) in [7, 11) is 0. The largest absolute Gasteiger partial charge is 0.259 e. The topological polar surface area (TPSA) is 43.1 Å². The first-order valence-electron chi connectivity index (χ1n) is 4.39. The van der Waals surface area contributed by atoms with Crippen LogP contribution >= 0.6 is 11.8 Å². The predicted octanol–water partition coefficient (Wildman–Crippen LogP) is 3.47. The van der Waals surface area contributed by atoms with Gasteiger partial charge in [-0.2, -0.15) is 0 Å². The Bertz CT molecular complexity index is 385. The lowest BCUT2D eigenvalue weighted by molar-refractivity contribution is -0.424. The normalized spacial score (nSPS) is 11.9. The van der Waals surface area contributed by atoms with Crippen LogP contribution in [0.5, 0.6) is 0 Å². The molecule has 0 fully saturated rings. The van der Waals surface area contributed by atoms with E-state index in [0.29, 0.717) is 0 Å². The number of rotatable bonds is 4. The van der Waals surface area contributed by atoms with E-state index in [-0.39, 0.29) is 5.70 Å². The second-order valence-electron chi connectivity index (χ2n) is 2.82. The second-order valence-corrected chi connectivity index (χ2v) is 3.80. The van der Waals surface area contributed by atoms with E-state index >= 15 is 0 Å². The Labute approximate surface area is 92.7 Å². The van der Waals surface area contributed by atoms with Gasteiger partial charge in [-0.05, 0) is 23.6 Å². The predicted molar refractivity (Wildman–Crippen MR) is 62.2 cm³/mol. The van der Waals surface area contributed by atoms with E-state index in [1.54, 1.807) is 6.08 Å². The molecule has 0 aliphatic rings. The van der Waals surface area contributed by atoms with Gasteiger partial charge < -0.3 is 0 Å². The van der Waals surface area contributed by atoms with Crippen LogP contribution < -0.4 is 0 Å². The first kappa shape index (κ1) is 11.5. The summed E-state index contributed by atoms with van der Waals surface area (Å²) < 4.78 is 0. The van der Waals surface area contributed by atoms with Crippen molar-refractivity contribution in [2.45, 2.75) is 11.8 Å². The van der Waals surface area contributed by atoms with Gasteiger partial charge in [-0.1, -0.05) is 30.0 Å². The van der Waals surface area contributed by atoms with Crippen molar-refractivity contribution in [2.75, 3.05) is 0 Å². The van der Waals surface area contributed by atoms with Crippen LogP contribution in [0.25, 0.3) is 0 Å². The molecule has 4 heteroatoms. The van der Waals surface area contributed by atoms with Crippen molar-refractivity contribution in [3.8, 4) is 0 Å². The fourth-order valence-electron chi connectivity index (χ4n) is 0.856. The van der Waals surface area contributed by atoms with Gasteiger partial charge >= 0.3 is 0 Å². The van der Waals surface area contributed by atoms with Crippen LogP contribution in [0.2, 0.25) is 0 Å². The number of hydrogen-bond acceptors (Lipinski definition) is 3. The van der Waals surface area contributed by atoms with Crippen LogP contribution in [0, 0.1) is 10.1 Å². The van der Waals surface area contributed by atoms with Crippen molar-refractivity contribution < 1.29 is 4.92 Å². The zero-order valence-corrected chi connectivity index (χ0v) is 9.11. The lowest BCUT2D eigenvalue weighted by atomic mass is 10.4.